The van der Waals surface area contributed by atoms with Gasteiger partial charge in [0.1, 0.15) is 11.5 Å². The van der Waals surface area contributed by atoms with Crippen LogP contribution in [0, 0.1) is 0 Å². The third kappa shape index (κ3) is 2.67. The number of para-hydroxylation sites is 1. The number of ketones is 1. The lowest BCUT2D eigenvalue weighted by Crippen LogP contribution is -2.34. The van der Waals surface area contributed by atoms with Crippen LogP contribution in [0.15, 0.2) is 24.3 Å². The largest absolute Gasteiger partial charge is 0.496 e. The van der Waals surface area contributed by atoms with Gasteiger partial charge in [-0.2, -0.15) is 0 Å². The van der Waals surface area contributed by atoms with E-state index in [-0.39, 0.29) is 6.04 Å². The minimum absolute atomic E-state index is 0.0971. The maximum atomic E-state index is 11.7. The molecule has 0 amide bonds. The summed E-state index contributed by atoms with van der Waals surface area (Å²) >= 11 is 0. The van der Waals surface area contributed by atoms with Crippen LogP contribution >= 0.6 is 0 Å². The number of ether oxygens (including phenoxy) is 1. The quantitative estimate of drug-likeness (QED) is 0.799. The first kappa shape index (κ1) is 12.1. The summed E-state index contributed by atoms with van der Waals surface area (Å²) in [4.78, 5) is 13.8. The van der Waals surface area contributed by atoms with Gasteiger partial charge in [-0.1, -0.05) is 18.2 Å². The van der Waals surface area contributed by atoms with Gasteiger partial charge in [0, 0.05) is 18.5 Å². The fraction of sp³-hybridized carbons (Fsp3) is 0.500. The number of benzene rings is 1. The smallest absolute Gasteiger partial charge is 0.149 e. The number of carbonyl (C=O) groups excluding carboxylic acids is 1. The molecule has 1 aromatic carbocycles. The predicted molar refractivity (Wildman–Crippen MR) is 67.1 cm³/mol. The summed E-state index contributed by atoms with van der Waals surface area (Å²) in [6.45, 7) is 0.764. The van der Waals surface area contributed by atoms with E-state index in [0.29, 0.717) is 5.78 Å². The first-order valence-corrected chi connectivity index (χ1v) is 6.07. The lowest BCUT2D eigenvalue weighted by atomic mass is 10.1. The third-order valence-corrected chi connectivity index (χ3v) is 3.42. The average Bonchev–Trinajstić information content (AvgIpc) is 2.76. The second-order valence-corrected chi connectivity index (χ2v) is 4.60. The molecule has 0 N–H and O–H groups in total. The Hall–Kier alpha value is -1.35. The van der Waals surface area contributed by atoms with Crippen LogP contribution < -0.4 is 4.74 Å². The Balaban J connectivity index is 2.07. The van der Waals surface area contributed by atoms with Crippen LogP contribution in [0.1, 0.15) is 24.8 Å². The number of hydrogen-bond acceptors (Lipinski definition) is 3. The third-order valence-electron chi connectivity index (χ3n) is 3.42. The maximum Gasteiger partial charge on any atom is 0.149 e. The molecule has 3 heteroatoms. The minimum atomic E-state index is 0.0971. The molecule has 92 valence electrons. The van der Waals surface area contributed by atoms with Gasteiger partial charge in [0.05, 0.1) is 13.2 Å². The molecule has 1 atom stereocenters. The number of nitrogens with zero attached hydrogens (tertiary/aromatic N) is 1. The van der Waals surface area contributed by atoms with Gasteiger partial charge in [-0.25, -0.2) is 0 Å². The van der Waals surface area contributed by atoms with Crippen LogP contribution in [-0.2, 0) is 11.3 Å². The molecule has 3 nitrogen and oxygen atoms in total. The number of hydrogen-bond donors (Lipinski definition) is 0. The van der Waals surface area contributed by atoms with Crippen molar-refractivity contribution in [2.24, 2.45) is 0 Å². The van der Waals surface area contributed by atoms with Crippen LogP contribution in [-0.4, -0.2) is 30.9 Å². The highest BCUT2D eigenvalue weighted by atomic mass is 16.5. The first-order valence-electron chi connectivity index (χ1n) is 6.07. The number of methoxy groups -OCH3 is 1. The lowest BCUT2D eigenvalue weighted by molar-refractivity contribution is -0.121. The van der Waals surface area contributed by atoms with E-state index in [1.807, 2.05) is 25.2 Å². The van der Waals surface area contributed by atoms with E-state index in [4.69, 9.17) is 4.74 Å². The maximum absolute atomic E-state index is 11.7. The van der Waals surface area contributed by atoms with Crippen molar-refractivity contribution in [2.75, 3.05) is 14.2 Å². The minimum Gasteiger partial charge on any atom is -0.496 e. The number of likely N-dealkylation sites (N-methyl/N-ethyl adjacent to an activating group) is 1. The van der Waals surface area contributed by atoms with Gasteiger partial charge < -0.3 is 4.74 Å². The van der Waals surface area contributed by atoms with Gasteiger partial charge in [-0.15, -0.1) is 0 Å². The van der Waals surface area contributed by atoms with Crippen molar-refractivity contribution in [1.29, 1.82) is 0 Å². The SMILES string of the molecule is COc1ccccc1CN(C)C1CCCC1=O. The predicted octanol–water partition coefficient (Wildman–Crippen LogP) is 2.25. The Morgan fingerprint density at radius 2 is 2.18 bits per heavy atom. The number of carbonyl (C=O) groups is 1. The summed E-state index contributed by atoms with van der Waals surface area (Å²) in [6.07, 6.45) is 2.76. The van der Waals surface area contributed by atoms with E-state index in [9.17, 15) is 4.79 Å². The summed E-state index contributed by atoms with van der Waals surface area (Å²) in [6, 6.07) is 8.07. The normalized spacial score (nSPS) is 19.9. The highest BCUT2D eigenvalue weighted by Crippen LogP contribution is 2.24. The standard InChI is InChI=1S/C14H19NO2/c1-15(12-7-5-8-13(12)16)10-11-6-3-4-9-14(11)17-2/h3-4,6,9,12H,5,7-8,10H2,1-2H3. The second kappa shape index (κ2) is 5.32. The van der Waals surface area contributed by atoms with E-state index in [1.54, 1.807) is 7.11 Å². The molecule has 1 fully saturated rings. The van der Waals surface area contributed by atoms with E-state index >= 15 is 0 Å². The van der Waals surface area contributed by atoms with E-state index < -0.39 is 0 Å². The molecule has 0 bridgehead atoms. The van der Waals surface area contributed by atoms with Gasteiger partial charge in [0.25, 0.3) is 0 Å². The zero-order valence-electron chi connectivity index (χ0n) is 10.5. The zero-order chi connectivity index (χ0) is 12.3. The molecule has 17 heavy (non-hydrogen) atoms. The molecular formula is C14H19NO2. The number of rotatable bonds is 4. The summed E-state index contributed by atoms with van der Waals surface area (Å²) in [7, 11) is 3.69. The fourth-order valence-corrected chi connectivity index (χ4v) is 2.48. The van der Waals surface area contributed by atoms with Crippen molar-refractivity contribution in [2.45, 2.75) is 31.8 Å². The van der Waals surface area contributed by atoms with E-state index in [2.05, 4.69) is 11.0 Å². The van der Waals surface area contributed by atoms with Crippen LogP contribution in [0.3, 0.4) is 0 Å². The summed E-state index contributed by atoms with van der Waals surface area (Å²) in [5, 5.41) is 0. The molecule has 0 aromatic heterocycles. The molecule has 1 aliphatic rings. The fourth-order valence-electron chi connectivity index (χ4n) is 2.48. The van der Waals surface area contributed by atoms with Crippen LogP contribution in [0.5, 0.6) is 5.75 Å². The zero-order valence-corrected chi connectivity index (χ0v) is 10.5. The highest BCUT2D eigenvalue weighted by molar-refractivity contribution is 5.85. The first-order chi connectivity index (χ1) is 8.22. The molecule has 1 aromatic rings. The van der Waals surface area contributed by atoms with Gasteiger partial charge in [-0.05, 0) is 26.0 Å². The van der Waals surface area contributed by atoms with Gasteiger partial charge in [-0.3, -0.25) is 9.69 Å². The Kier molecular flexibility index (Phi) is 3.79. The summed E-state index contributed by atoms with van der Waals surface area (Å²) in [5.74, 6) is 1.27. The molecule has 1 unspecified atom stereocenters. The topological polar surface area (TPSA) is 29.5 Å². The summed E-state index contributed by atoms with van der Waals surface area (Å²) < 4.78 is 5.32. The van der Waals surface area contributed by atoms with E-state index in [0.717, 1.165) is 37.1 Å². The van der Waals surface area contributed by atoms with Crippen molar-refractivity contribution in [3.8, 4) is 5.75 Å². The van der Waals surface area contributed by atoms with Crippen molar-refractivity contribution >= 4 is 5.78 Å². The molecule has 0 aliphatic heterocycles. The molecular weight excluding hydrogens is 214 g/mol. The second-order valence-electron chi connectivity index (χ2n) is 4.60. The molecule has 0 saturated heterocycles. The Morgan fingerprint density at radius 3 is 2.82 bits per heavy atom. The molecule has 1 saturated carbocycles. The molecule has 2 rings (SSSR count). The van der Waals surface area contributed by atoms with Crippen LogP contribution in [0.25, 0.3) is 0 Å². The van der Waals surface area contributed by atoms with Gasteiger partial charge in [0.2, 0.25) is 0 Å². The van der Waals surface area contributed by atoms with Crippen molar-refractivity contribution in [3.63, 3.8) is 0 Å². The van der Waals surface area contributed by atoms with E-state index in [1.165, 1.54) is 0 Å². The van der Waals surface area contributed by atoms with Crippen molar-refractivity contribution in [3.05, 3.63) is 29.8 Å². The van der Waals surface area contributed by atoms with Crippen molar-refractivity contribution in [1.82, 2.24) is 4.90 Å². The summed E-state index contributed by atoms with van der Waals surface area (Å²) in [5.41, 5.74) is 1.14. The Bertz CT molecular complexity index is 403. The molecule has 1 aliphatic carbocycles. The monoisotopic (exact) mass is 233 g/mol. The Morgan fingerprint density at radius 1 is 1.41 bits per heavy atom. The van der Waals surface area contributed by atoms with Crippen LogP contribution in [0.4, 0.5) is 0 Å². The highest BCUT2D eigenvalue weighted by Gasteiger charge is 2.28. The molecule has 0 radical (unpaired) electrons. The average molecular weight is 233 g/mol. The molecule has 0 spiro atoms. The van der Waals surface area contributed by atoms with Crippen molar-refractivity contribution < 1.29 is 9.53 Å². The molecule has 0 heterocycles. The Labute approximate surface area is 102 Å². The van der Waals surface area contributed by atoms with Crippen LogP contribution in [0.2, 0.25) is 0 Å². The lowest BCUT2D eigenvalue weighted by Gasteiger charge is -2.23. The van der Waals surface area contributed by atoms with Gasteiger partial charge >= 0.3 is 0 Å². The van der Waals surface area contributed by atoms with Gasteiger partial charge in [0.15, 0.2) is 0 Å². The number of Topliss-reactive ketones (excluding diaryl/α,β-unsaturated/α-hetero) is 1.